The third-order valence-corrected chi connectivity index (χ3v) is 10.6. The molecule has 0 atom stereocenters. The summed E-state index contributed by atoms with van der Waals surface area (Å²) in [6.07, 6.45) is 10.3. The van der Waals surface area contributed by atoms with Gasteiger partial charge in [0.1, 0.15) is 16.2 Å². The molecule has 4 aromatic rings. The van der Waals surface area contributed by atoms with Gasteiger partial charge >= 0.3 is 0 Å². The minimum atomic E-state index is -2.29. The van der Waals surface area contributed by atoms with Crippen molar-refractivity contribution < 1.29 is 45.0 Å². The highest BCUT2D eigenvalue weighted by Gasteiger charge is 2.23. The maximum atomic E-state index is 12.2. The first-order valence-corrected chi connectivity index (χ1v) is 21.7. The Hall–Kier alpha value is -3.87. The lowest BCUT2D eigenvalue weighted by Crippen LogP contribution is -2.13. The van der Waals surface area contributed by atoms with Gasteiger partial charge in [-0.05, 0) is 155 Å². The van der Waals surface area contributed by atoms with Gasteiger partial charge in [-0.2, -0.15) is 17.6 Å². The van der Waals surface area contributed by atoms with Crippen molar-refractivity contribution in [2.75, 3.05) is 11.5 Å². The molecule has 0 unspecified atom stereocenters. The molecule has 0 aromatic heterocycles. The molecule has 0 saturated heterocycles. The summed E-state index contributed by atoms with van der Waals surface area (Å²) in [6, 6.07) is 33.1. The van der Waals surface area contributed by atoms with Crippen LogP contribution in [-0.4, -0.2) is 16.6 Å². The van der Waals surface area contributed by atoms with E-state index in [2.05, 4.69) is 62.4 Å². The van der Waals surface area contributed by atoms with E-state index in [1.807, 2.05) is 36.4 Å². The topological polar surface area (TPSA) is 29.5 Å². The second-order valence-corrected chi connectivity index (χ2v) is 15.1. The Kier molecular flexibility index (Phi) is 28.8. The van der Waals surface area contributed by atoms with E-state index in [0.29, 0.717) is 11.5 Å². The fraction of sp³-hybridized carbons (Fsp3) is 0.429. The van der Waals surface area contributed by atoms with Gasteiger partial charge in [0.2, 0.25) is 6.86 Å². The normalized spacial score (nSPS) is 17.7. The average molecular weight is 961 g/mol. The molecule has 11 heteroatoms. The standard InChI is InChI=1S/C22H27FO.C21H26O.2C2HF3.CH2FI.CH4/c1-2-3-17-4-6-18(7-5-17)19-8-10-20(11-9-19)21-12-14-22(15-13-21)24-16-23;1-2-3-16-4-6-17(7-5-16)18-8-10-19(11-9-18)20-12-14-21(22)15-13-20;2*3-1-2(4)5;2-1-3;/h8-15,17-18H,2-7,16H2,1H3;8-17,22H,2-7H2,1H3;2*1H;1H2;1H4. The summed E-state index contributed by atoms with van der Waals surface area (Å²) in [5, 5.41) is 9.38. The maximum Gasteiger partial charge on any atom is 0.298 e. The van der Waals surface area contributed by atoms with E-state index in [1.165, 1.54) is 99.3 Å². The van der Waals surface area contributed by atoms with Crippen molar-refractivity contribution in [2.24, 2.45) is 11.8 Å². The predicted molar refractivity (Wildman–Crippen MR) is 241 cm³/mol. The number of hydrogen-bond donors (Lipinski definition) is 1. The van der Waals surface area contributed by atoms with Crippen LogP contribution < -0.4 is 4.74 Å². The quantitative estimate of drug-likeness (QED) is 0.0975. The molecule has 2 aliphatic rings. The third-order valence-electron chi connectivity index (χ3n) is 10.6. The predicted octanol–water partition coefficient (Wildman–Crippen LogP) is 18.2. The molecule has 1 N–H and O–H groups in total. The Labute approximate surface area is 366 Å². The van der Waals surface area contributed by atoms with Gasteiger partial charge in [0.25, 0.3) is 12.2 Å². The molecule has 0 spiro atoms. The highest BCUT2D eigenvalue weighted by atomic mass is 127. The number of halogens is 9. The second-order valence-electron chi connectivity index (χ2n) is 14.5. The summed E-state index contributed by atoms with van der Waals surface area (Å²) in [7, 11) is 0. The van der Waals surface area contributed by atoms with Gasteiger partial charge in [-0.25, -0.2) is 17.6 Å². The van der Waals surface area contributed by atoms with Gasteiger partial charge < -0.3 is 9.84 Å². The van der Waals surface area contributed by atoms with E-state index in [4.69, 9.17) is 4.74 Å². The number of rotatable bonds is 10. The van der Waals surface area contributed by atoms with Gasteiger partial charge in [0, 0.05) is 0 Å². The van der Waals surface area contributed by atoms with Crippen LogP contribution in [-0.2, 0) is 0 Å². The molecule has 4 aromatic carbocycles. The largest absolute Gasteiger partial charge is 0.508 e. The zero-order valence-corrected chi connectivity index (χ0v) is 36.0. The number of aromatic hydroxyl groups is 1. The Balaban J connectivity index is 0.000000460. The van der Waals surface area contributed by atoms with Crippen molar-refractivity contribution >= 4 is 22.6 Å². The Morgan fingerprint density at radius 3 is 1.12 bits per heavy atom. The molecule has 332 valence electrons. The number of hydrogen-bond acceptors (Lipinski definition) is 2. The lowest BCUT2D eigenvalue weighted by Gasteiger charge is -2.28. The summed E-state index contributed by atoms with van der Waals surface area (Å²) in [6.45, 7) is 3.81. The smallest absolute Gasteiger partial charge is 0.298 e. The molecule has 0 radical (unpaired) electrons. The lowest BCUT2D eigenvalue weighted by molar-refractivity contribution is 0.192. The zero-order chi connectivity index (χ0) is 43.4. The van der Waals surface area contributed by atoms with E-state index in [9.17, 15) is 40.2 Å². The summed E-state index contributed by atoms with van der Waals surface area (Å²) >= 11 is 1.62. The fourth-order valence-corrected chi connectivity index (χ4v) is 7.74. The van der Waals surface area contributed by atoms with Gasteiger partial charge in [-0.3, -0.25) is 0 Å². The van der Waals surface area contributed by atoms with Gasteiger partial charge in [0.15, 0.2) is 12.7 Å². The second kappa shape index (κ2) is 31.9. The van der Waals surface area contributed by atoms with E-state index in [-0.39, 0.29) is 12.1 Å². The lowest BCUT2D eigenvalue weighted by atomic mass is 9.77. The van der Waals surface area contributed by atoms with E-state index in [1.54, 1.807) is 34.7 Å². The van der Waals surface area contributed by atoms with Crippen LogP contribution in [0, 0.1) is 11.8 Å². The van der Waals surface area contributed by atoms with Crippen LogP contribution in [0.25, 0.3) is 22.3 Å². The molecular weight excluding hydrogens is 899 g/mol. The Morgan fingerprint density at radius 1 is 0.567 bits per heavy atom. The number of alkyl halides is 3. The molecule has 0 heterocycles. The minimum absolute atomic E-state index is 0. The van der Waals surface area contributed by atoms with E-state index in [0.717, 1.165) is 34.8 Å². The van der Waals surface area contributed by atoms with Gasteiger partial charge in [-0.15, -0.1) is 0 Å². The summed E-state index contributed by atoms with van der Waals surface area (Å²) in [4.78, 5) is 0. The highest BCUT2D eigenvalue weighted by Crippen LogP contribution is 2.39. The average Bonchev–Trinajstić information content (AvgIpc) is 3.26. The molecule has 0 bridgehead atoms. The van der Waals surface area contributed by atoms with E-state index >= 15 is 0 Å². The van der Waals surface area contributed by atoms with E-state index < -0.39 is 31.7 Å². The van der Waals surface area contributed by atoms with Crippen LogP contribution in [0.15, 0.2) is 122 Å². The number of phenols is 1. The molecule has 2 aliphatic carbocycles. The summed E-state index contributed by atoms with van der Waals surface area (Å²) < 4.78 is 88.4. The van der Waals surface area contributed by atoms with Crippen LogP contribution in [0.2, 0.25) is 0 Å². The molecule has 0 amide bonds. The third kappa shape index (κ3) is 21.1. The molecule has 60 heavy (non-hydrogen) atoms. The van der Waals surface area contributed by atoms with Crippen molar-refractivity contribution in [3.05, 3.63) is 133 Å². The monoisotopic (exact) mass is 960 g/mol. The molecule has 0 aliphatic heterocycles. The SMILES string of the molecule is C.CCCC1CCC(c2ccc(-c3ccc(O)cc3)cc2)CC1.CCCC1CCC(c2ccc(-c3ccc(OCF)cc3)cc2)CC1.FC=C(F)F.FC=C(F)F.FCI. The van der Waals surface area contributed by atoms with Crippen LogP contribution >= 0.6 is 22.6 Å². The first-order valence-electron chi connectivity index (χ1n) is 20.1. The minimum Gasteiger partial charge on any atom is -0.508 e. The Bertz CT molecular complexity index is 1690. The number of ether oxygens (including phenoxy) is 1. The number of phenolic OH excluding ortho intramolecular Hbond substituents is 1. The molecule has 2 fully saturated rings. The van der Waals surface area contributed by atoms with Gasteiger partial charge in [-0.1, -0.05) is 120 Å². The molecule has 6 rings (SSSR count). The fourth-order valence-electron chi connectivity index (χ4n) is 7.74. The van der Waals surface area contributed by atoms with Crippen LogP contribution in [0.4, 0.5) is 35.1 Å². The first kappa shape index (κ1) is 54.1. The molecule has 2 saturated carbocycles. The van der Waals surface area contributed by atoms with Crippen molar-refractivity contribution in [1.29, 1.82) is 0 Å². The van der Waals surface area contributed by atoms with Crippen molar-refractivity contribution in [2.45, 2.75) is 110 Å². The van der Waals surface area contributed by atoms with Crippen molar-refractivity contribution in [1.82, 2.24) is 0 Å². The maximum absolute atomic E-state index is 12.2. The molecule has 2 nitrogen and oxygen atoms in total. The number of benzene rings is 4. The van der Waals surface area contributed by atoms with Crippen molar-refractivity contribution in [3.8, 4) is 33.8 Å². The molecular formula is C49H61F8IO2. The van der Waals surface area contributed by atoms with Crippen LogP contribution in [0.3, 0.4) is 0 Å². The highest BCUT2D eigenvalue weighted by molar-refractivity contribution is 14.1. The van der Waals surface area contributed by atoms with Crippen molar-refractivity contribution in [3.63, 3.8) is 0 Å². The summed E-state index contributed by atoms with van der Waals surface area (Å²) in [5.74, 6) is 4.30. The Morgan fingerprint density at radius 2 is 0.850 bits per heavy atom. The first-order chi connectivity index (χ1) is 28.5. The van der Waals surface area contributed by atoms with Crippen LogP contribution in [0.5, 0.6) is 11.5 Å². The van der Waals surface area contributed by atoms with Crippen LogP contribution in [0.1, 0.15) is 121 Å². The zero-order valence-electron chi connectivity index (χ0n) is 33.9. The summed E-state index contributed by atoms with van der Waals surface area (Å²) in [5.41, 5.74) is 7.70. The van der Waals surface area contributed by atoms with Gasteiger partial charge in [0.05, 0.1) is 0 Å².